The predicted molar refractivity (Wildman–Crippen MR) is 96.8 cm³/mol. The molecule has 0 spiro atoms. The summed E-state index contributed by atoms with van der Waals surface area (Å²) in [5, 5.41) is 3.20. The van der Waals surface area contributed by atoms with Crippen LogP contribution in [0.5, 0.6) is 0 Å². The van der Waals surface area contributed by atoms with Gasteiger partial charge in [0.1, 0.15) is 0 Å². The highest BCUT2D eigenvalue weighted by Gasteiger charge is 2.30. The van der Waals surface area contributed by atoms with E-state index < -0.39 is 0 Å². The first kappa shape index (κ1) is 21.9. The van der Waals surface area contributed by atoms with Crippen molar-refractivity contribution in [1.82, 2.24) is 15.1 Å². The molecule has 1 N–H and O–H groups in total. The minimum absolute atomic E-state index is 0. The summed E-state index contributed by atoms with van der Waals surface area (Å²) in [4.78, 5) is 28.6. The van der Waals surface area contributed by atoms with Gasteiger partial charge in [-0.3, -0.25) is 9.59 Å². The SMILES string of the molecule is C=CCCCN1CCNC(CC(=O)N(CCC)CCC)C1=O.Cl. The number of unbranched alkanes of at least 4 members (excludes halogenated alkanes) is 1. The second-order valence-corrected chi connectivity index (χ2v) is 5.85. The molecule has 0 aromatic rings. The van der Waals surface area contributed by atoms with E-state index in [1.807, 2.05) is 15.9 Å². The normalized spacial score (nSPS) is 17.6. The van der Waals surface area contributed by atoms with Crippen LogP contribution in [-0.4, -0.2) is 60.4 Å². The Hall–Kier alpha value is -1.07. The fraction of sp³-hybridized carbons (Fsp3) is 0.765. The number of nitrogens with zero attached hydrogens (tertiary/aromatic N) is 2. The zero-order valence-corrected chi connectivity index (χ0v) is 15.4. The van der Waals surface area contributed by atoms with Gasteiger partial charge in [-0.1, -0.05) is 19.9 Å². The molecule has 5 nitrogen and oxygen atoms in total. The zero-order valence-electron chi connectivity index (χ0n) is 14.6. The molecule has 1 heterocycles. The minimum Gasteiger partial charge on any atom is -0.343 e. The molecule has 1 rings (SSSR count). The maximum absolute atomic E-state index is 12.5. The van der Waals surface area contributed by atoms with E-state index in [1.54, 1.807) is 0 Å². The van der Waals surface area contributed by atoms with Gasteiger partial charge in [0, 0.05) is 32.7 Å². The monoisotopic (exact) mass is 345 g/mol. The molecular formula is C17H32ClN3O2. The molecule has 1 saturated heterocycles. The van der Waals surface area contributed by atoms with E-state index in [9.17, 15) is 9.59 Å². The molecule has 2 amide bonds. The molecular weight excluding hydrogens is 314 g/mol. The molecule has 1 unspecified atom stereocenters. The lowest BCUT2D eigenvalue weighted by molar-refractivity contribution is -0.141. The highest BCUT2D eigenvalue weighted by Crippen LogP contribution is 2.09. The minimum atomic E-state index is -0.360. The van der Waals surface area contributed by atoms with E-state index in [0.717, 1.165) is 58.4 Å². The van der Waals surface area contributed by atoms with Crippen LogP contribution in [0, 0.1) is 0 Å². The number of hydrogen-bond donors (Lipinski definition) is 1. The van der Waals surface area contributed by atoms with Gasteiger partial charge in [0.15, 0.2) is 0 Å². The molecule has 23 heavy (non-hydrogen) atoms. The standard InChI is InChI=1S/C17H31N3O2.ClH/c1-4-7-8-12-20-13-9-18-15(17(20)22)14-16(21)19(10-5-2)11-6-3;/h4,15,18H,1,5-14H2,2-3H3;1H. The number of carbonyl (C=O) groups excluding carboxylic acids is 2. The van der Waals surface area contributed by atoms with Crippen molar-refractivity contribution in [3.8, 4) is 0 Å². The van der Waals surface area contributed by atoms with Crippen LogP contribution >= 0.6 is 12.4 Å². The molecule has 0 aliphatic carbocycles. The van der Waals surface area contributed by atoms with E-state index in [0.29, 0.717) is 0 Å². The summed E-state index contributed by atoms with van der Waals surface area (Å²) in [5.74, 6) is 0.152. The number of nitrogens with one attached hydrogen (secondary N) is 1. The Morgan fingerprint density at radius 3 is 2.61 bits per heavy atom. The largest absolute Gasteiger partial charge is 0.343 e. The number of rotatable bonds is 10. The second kappa shape index (κ2) is 12.4. The van der Waals surface area contributed by atoms with Gasteiger partial charge in [-0.25, -0.2) is 0 Å². The topological polar surface area (TPSA) is 52.7 Å². The van der Waals surface area contributed by atoms with Gasteiger partial charge in [-0.15, -0.1) is 19.0 Å². The van der Waals surface area contributed by atoms with E-state index in [4.69, 9.17) is 0 Å². The first-order chi connectivity index (χ1) is 10.6. The lowest BCUT2D eigenvalue weighted by atomic mass is 10.1. The van der Waals surface area contributed by atoms with Crippen molar-refractivity contribution in [2.24, 2.45) is 0 Å². The van der Waals surface area contributed by atoms with Crippen LogP contribution in [0.25, 0.3) is 0 Å². The maximum atomic E-state index is 12.5. The summed E-state index contributed by atoms with van der Waals surface area (Å²) in [6.07, 6.45) is 5.91. The van der Waals surface area contributed by atoms with Gasteiger partial charge >= 0.3 is 0 Å². The molecule has 0 saturated carbocycles. The van der Waals surface area contributed by atoms with Crippen LogP contribution in [0.4, 0.5) is 0 Å². The third kappa shape index (κ3) is 7.36. The van der Waals surface area contributed by atoms with Gasteiger partial charge in [-0.05, 0) is 25.7 Å². The molecule has 0 radical (unpaired) electrons. The van der Waals surface area contributed by atoms with Crippen LogP contribution in [0.2, 0.25) is 0 Å². The van der Waals surface area contributed by atoms with Gasteiger partial charge in [0.25, 0.3) is 0 Å². The quantitative estimate of drug-likeness (QED) is 0.488. The number of allylic oxidation sites excluding steroid dienone is 1. The number of hydrogen-bond acceptors (Lipinski definition) is 3. The Labute approximate surface area is 146 Å². The molecule has 1 fully saturated rings. The lowest BCUT2D eigenvalue weighted by Gasteiger charge is -2.34. The second-order valence-electron chi connectivity index (χ2n) is 5.85. The molecule has 1 aliphatic rings. The first-order valence-corrected chi connectivity index (χ1v) is 8.54. The van der Waals surface area contributed by atoms with E-state index in [2.05, 4.69) is 25.7 Å². The summed E-state index contributed by atoms with van der Waals surface area (Å²) in [5.41, 5.74) is 0. The molecule has 1 atom stereocenters. The van der Waals surface area contributed by atoms with Crippen molar-refractivity contribution >= 4 is 24.2 Å². The fourth-order valence-corrected chi connectivity index (χ4v) is 2.80. The van der Waals surface area contributed by atoms with Gasteiger partial charge in [-0.2, -0.15) is 0 Å². The lowest BCUT2D eigenvalue weighted by Crippen LogP contribution is -2.56. The summed E-state index contributed by atoms with van der Waals surface area (Å²) in [6, 6.07) is -0.360. The summed E-state index contributed by atoms with van der Waals surface area (Å²) >= 11 is 0. The smallest absolute Gasteiger partial charge is 0.240 e. The Bertz CT molecular complexity index is 371. The third-order valence-corrected chi connectivity index (χ3v) is 3.94. The van der Waals surface area contributed by atoms with Crippen molar-refractivity contribution in [3.05, 3.63) is 12.7 Å². The van der Waals surface area contributed by atoms with Gasteiger partial charge in [0.2, 0.25) is 11.8 Å². The van der Waals surface area contributed by atoms with Gasteiger partial charge < -0.3 is 15.1 Å². The Morgan fingerprint density at radius 1 is 1.39 bits per heavy atom. The average molecular weight is 346 g/mol. The predicted octanol–water partition coefficient (Wildman–Crippen LogP) is 2.21. The van der Waals surface area contributed by atoms with Crippen molar-refractivity contribution in [1.29, 1.82) is 0 Å². The number of amides is 2. The van der Waals surface area contributed by atoms with E-state index in [1.165, 1.54) is 0 Å². The number of halogens is 1. The average Bonchev–Trinajstić information content (AvgIpc) is 2.51. The first-order valence-electron chi connectivity index (χ1n) is 8.54. The van der Waals surface area contributed by atoms with E-state index in [-0.39, 0.29) is 36.7 Å². The molecule has 0 bridgehead atoms. The van der Waals surface area contributed by atoms with Crippen molar-refractivity contribution in [2.45, 2.75) is 52.0 Å². The fourth-order valence-electron chi connectivity index (χ4n) is 2.80. The van der Waals surface area contributed by atoms with Crippen LogP contribution in [0.3, 0.4) is 0 Å². The molecule has 0 aromatic heterocycles. The van der Waals surface area contributed by atoms with E-state index >= 15 is 0 Å². The highest BCUT2D eigenvalue weighted by molar-refractivity contribution is 5.89. The summed E-state index contributed by atoms with van der Waals surface area (Å²) in [6.45, 7) is 11.6. The Balaban J connectivity index is 0.00000484. The Morgan fingerprint density at radius 2 is 2.04 bits per heavy atom. The van der Waals surface area contributed by atoms with Gasteiger partial charge in [0.05, 0.1) is 12.5 Å². The van der Waals surface area contributed by atoms with Crippen LogP contribution in [-0.2, 0) is 9.59 Å². The van der Waals surface area contributed by atoms with Crippen LogP contribution < -0.4 is 5.32 Å². The van der Waals surface area contributed by atoms with Crippen LogP contribution in [0.1, 0.15) is 46.0 Å². The van der Waals surface area contributed by atoms with Crippen LogP contribution in [0.15, 0.2) is 12.7 Å². The zero-order chi connectivity index (χ0) is 16.4. The molecule has 6 heteroatoms. The molecule has 1 aliphatic heterocycles. The number of carbonyl (C=O) groups is 2. The van der Waals surface area contributed by atoms with Crippen molar-refractivity contribution < 1.29 is 9.59 Å². The molecule has 0 aromatic carbocycles. The van der Waals surface area contributed by atoms with Crippen molar-refractivity contribution in [3.63, 3.8) is 0 Å². The maximum Gasteiger partial charge on any atom is 0.240 e. The molecule has 134 valence electrons. The van der Waals surface area contributed by atoms with Crippen molar-refractivity contribution in [2.75, 3.05) is 32.7 Å². The summed E-state index contributed by atoms with van der Waals surface area (Å²) in [7, 11) is 0. The summed E-state index contributed by atoms with van der Waals surface area (Å²) < 4.78 is 0. The highest BCUT2D eigenvalue weighted by atomic mass is 35.5. The third-order valence-electron chi connectivity index (χ3n) is 3.94. The Kier molecular flexibility index (Phi) is 11.8. The number of piperazine rings is 1.